The fourth-order valence-corrected chi connectivity index (χ4v) is 3.94. The van der Waals surface area contributed by atoms with Crippen molar-refractivity contribution in [3.05, 3.63) is 35.4 Å². The Hall–Kier alpha value is -0.510. The Kier molecular flexibility index (Phi) is 6.91. The van der Waals surface area contributed by atoms with Crippen LogP contribution < -0.4 is 5.32 Å². The molecule has 1 aromatic carbocycles. The number of nitrogens with zero attached hydrogens (tertiary/aromatic N) is 1. The Labute approximate surface area is 128 Å². The van der Waals surface area contributed by atoms with Crippen LogP contribution in [0, 0.1) is 0 Å². The molecule has 0 spiro atoms. The summed E-state index contributed by atoms with van der Waals surface area (Å²) in [6.07, 6.45) is 2.49. The predicted octanol–water partition coefficient (Wildman–Crippen LogP) is 3.51. The standard InChI is InChI=1S/C17H28N2S/c1-3-9-18-12-15-7-5-6-8-16(15)13-19-10-11-20-17(4-2)14-19/h5-8,17-18H,3-4,9-14H2,1-2H3. The van der Waals surface area contributed by atoms with Gasteiger partial charge >= 0.3 is 0 Å². The van der Waals surface area contributed by atoms with Gasteiger partial charge in [0.1, 0.15) is 0 Å². The van der Waals surface area contributed by atoms with Crippen molar-refractivity contribution in [1.82, 2.24) is 10.2 Å². The highest BCUT2D eigenvalue weighted by molar-refractivity contribution is 8.00. The van der Waals surface area contributed by atoms with E-state index in [9.17, 15) is 0 Å². The Morgan fingerprint density at radius 2 is 2.05 bits per heavy atom. The van der Waals surface area contributed by atoms with Gasteiger partial charge in [-0.15, -0.1) is 0 Å². The van der Waals surface area contributed by atoms with Gasteiger partial charge in [0.2, 0.25) is 0 Å². The normalized spacial score (nSPS) is 20.2. The molecule has 1 heterocycles. The van der Waals surface area contributed by atoms with Crippen LogP contribution in [0.2, 0.25) is 0 Å². The van der Waals surface area contributed by atoms with Crippen molar-refractivity contribution in [3.8, 4) is 0 Å². The molecule has 20 heavy (non-hydrogen) atoms. The molecule has 1 unspecified atom stereocenters. The van der Waals surface area contributed by atoms with Crippen molar-refractivity contribution in [2.45, 2.75) is 45.0 Å². The highest BCUT2D eigenvalue weighted by atomic mass is 32.2. The van der Waals surface area contributed by atoms with Crippen LogP contribution in [0.3, 0.4) is 0 Å². The average molecular weight is 292 g/mol. The summed E-state index contributed by atoms with van der Waals surface area (Å²) in [5.74, 6) is 1.29. The lowest BCUT2D eigenvalue weighted by molar-refractivity contribution is 0.272. The molecule has 0 saturated carbocycles. The molecule has 0 bridgehead atoms. The quantitative estimate of drug-likeness (QED) is 0.774. The molecular weight excluding hydrogens is 264 g/mol. The van der Waals surface area contributed by atoms with Crippen molar-refractivity contribution in [2.24, 2.45) is 0 Å². The molecule has 1 N–H and O–H groups in total. The van der Waals surface area contributed by atoms with Gasteiger partial charge < -0.3 is 5.32 Å². The summed E-state index contributed by atoms with van der Waals surface area (Å²) in [5.41, 5.74) is 2.96. The van der Waals surface area contributed by atoms with Crippen LogP contribution in [0.15, 0.2) is 24.3 Å². The molecule has 3 heteroatoms. The summed E-state index contributed by atoms with van der Waals surface area (Å²) >= 11 is 2.14. The second-order valence-corrected chi connectivity index (χ2v) is 6.99. The number of rotatable bonds is 7. The van der Waals surface area contributed by atoms with Crippen molar-refractivity contribution in [2.75, 3.05) is 25.4 Å². The Bertz CT molecular complexity index is 394. The van der Waals surface area contributed by atoms with E-state index < -0.39 is 0 Å². The molecule has 0 aromatic heterocycles. The van der Waals surface area contributed by atoms with Gasteiger partial charge in [-0.05, 0) is 30.5 Å². The van der Waals surface area contributed by atoms with Gasteiger partial charge in [0, 0.05) is 37.2 Å². The maximum absolute atomic E-state index is 3.53. The van der Waals surface area contributed by atoms with Gasteiger partial charge in [-0.3, -0.25) is 4.90 Å². The predicted molar refractivity (Wildman–Crippen MR) is 90.3 cm³/mol. The minimum atomic E-state index is 0.828. The fourth-order valence-electron chi connectivity index (χ4n) is 2.70. The van der Waals surface area contributed by atoms with Crippen molar-refractivity contribution in [3.63, 3.8) is 0 Å². The third-order valence-corrected chi connectivity index (χ3v) is 5.30. The van der Waals surface area contributed by atoms with Gasteiger partial charge in [0.25, 0.3) is 0 Å². The zero-order chi connectivity index (χ0) is 14.2. The summed E-state index contributed by atoms with van der Waals surface area (Å²) in [5, 5.41) is 4.35. The molecule has 2 rings (SSSR count). The van der Waals surface area contributed by atoms with Crippen LogP contribution in [0.25, 0.3) is 0 Å². The maximum atomic E-state index is 3.53. The highest BCUT2D eigenvalue weighted by Gasteiger charge is 2.19. The zero-order valence-electron chi connectivity index (χ0n) is 12.9. The minimum Gasteiger partial charge on any atom is -0.313 e. The third-order valence-electron chi connectivity index (χ3n) is 3.93. The maximum Gasteiger partial charge on any atom is 0.0237 e. The van der Waals surface area contributed by atoms with Crippen molar-refractivity contribution in [1.29, 1.82) is 0 Å². The number of nitrogens with one attached hydrogen (secondary N) is 1. The lowest BCUT2D eigenvalue weighted by Gasteiger charge is -2.32. The molecule has 0 amide bonds. The van der Waals surface area contributed by atoms with E-state index in [4.69, 9.17) is 0 Å². The van der Waals surface area contributed by atoms with E-state index in [-0.39, 0.29) is 0 Å². The van der Waals surface area contributed by atoms with Gasteiger partial charge in [-0.2, -0.15) is 11.8 Å². The smallest absolute Gasteiger partial charge is 0.0237 e. The van der Waals surface area contributed by atoms with Crippen LogP contribution in [0.4, 0.5) is 0 Å². The molecule has 0 radical (unpaired) electrons. The first-order valence-electron chi connectivity index (χ1n) is 7.95. The topological polar surface area (TPSA) is 15.3 Å². The van der Waals surface area contributed by atoms with Gasteiger partial charge in [0.05, 0.1) is 0 Å². The molecule has 1 aliphatic heterocycles. The summed E-state index contributed by atoms with van der Waals surface area (Å²) in [4.78, 5) is 2.63. The lowest BCUT2D eigenvalue weighted by Crippen LogP contribution is -2.37. The molecule has 2 nitrogen and oxygen atoms in total. The van der Waals surface area contributed by atoms with E-state index in [0.717, 1.165) is 24.9 Å². The van der Waals surface area contributed by atoms with E-state index >= 15 is 0 Å². The van der Waals surface area contributed by atoms with E-state index in [0.29, 0.717) is 0 Å². The molecule has 0 aliphatic carbocycles. The SMILES string of the molecule is CCCNCc1ccccc1CN1CCSC(CC)C1. The molecule has 1 saturated heterocycles. The molecule has 112 valence electrons. The van der Waals surface area contributed by atoms with Gasteiger partial charge in [-0.25, -0.2) is 0 Å². The van der Waals surface area contributed by atoms with Crippen LogP contribution in [0.5, 0.6) is 0 Å². The summed E-state index contributed by atoms with van der Waals surface area (Å²) < 4.78 is 0. The first-order valence-corrected chi connectivity index (χ1v) is 8.99. The van der Waals surface area contributed by atoms with Gasteiger partial charge in [-0.1, -0.05) is 38.1 Å². The molecule has 1 atom stereocenters. The first-order chi connectivity index (χ1) is 9.83. The van der Waals surface area contributed by atoms with Crippen molar-refractivity contribution >= 4 is 11.8 Å². The number of hydrogen-bond acceptors (Lipinski definition) is 3. The van der Waals surface area contributed by atoms with Crippen LogP contribution in [-0.2, 0) is 13.1 Å². The Morgan fingerprint density at radius 1 is 1.25 bits per heavy atom. The van der Waals surface area contributed by atoms with E-state index in [1.54, 1.807) is 0 Å². The van der Waals surface area contributed by atoms with E-state index in [1.165, 1.54) is 42.8 Å². The lowest BCUT2D eigenvalue weighted by atomic mass is 10.1. The molecule has 1 aromatic rings. The monoisotopic (exact) mass is 292 g/mol. The van der Waals surface area contributed by atoms with Crippen LogP contribution >= 0.6 is 11.8 Å². The van der Waals surface area contributed by atoms with Crippen LogP contribution in [-0.4, -0.2) is 35.5 Å². The minimum absolute atomic E-state index is 0.828. The summed E-state index contributed by atoms with van der Waals surface area (Å²) in [7, 11) is 0. The summed E-state index contributed by atoms with van der Waals surface area (Å²) in [6.45, 7) is 10.2. The number of benzene rings is 1. The third kappa shape index (κ3) is 4.80. The highest BCUT2D eigenvalue weighted by Crippen LogP contribution is 2.23. The largest absolute Gasteiger partial charge is 0.313 e. The fraction of sp³-hybridized carbons (Fsp3) is 0.647. The van der Waals surface area contributed by atoms with E-state index in [2.05, 4.69) is 60.1 Å². The number of thioether (sulfide) groups is 1. The molecule has 1 fully saturated rings. The average Bonchev–Trinajstić information content (AvgIpc) is 2.49. The van der Waals surface area contributed by atoms with Crippen molar-refractivity contribution < 1.29 is 0 Å². The zero-order valence-corrected chi connectivity index (χ0v) is 13.7. The summed E-state index contributed by atoms with van der Waals surface area (Å²) in [6, 6.07) is 8.90. The van der Waals surface area contributed by atoms with Crippen LogP contribution in [0.1, 0.15) is 37.8 Å². The van der Waals surface area contributed by atoms with E-state index in [1.807, 2.05) is 0 Å². The second-order valence-electron chi connectivity index (χ2n) is 5.58. The van der Waals surface area contributed by atoms with Gasteiger partial charge in [0.15, 0.2) is 0 Å². The molecule has 1 aliphatic rings. The first kappa shape index (κ1) is 15.9. The number of hydrogen-bond donors (Lipinski definition) is 1. The second kappa shape index (κ2) is 8.71. The molecular formula is C17H28N2S. The Balaban J connectivity index is 1.94. The Morgan fingerprint density at radius 3 is 2.80 bits per heavy atom.